The van der Waals surface area contributed by atoms with Gasteiger partial charge in [0.25, 0.3) is 0 Å². The fourth-order valence-corrected chi connectivity index (χ4v) is 3.94. The Hall–Kier alpha value is -0.260. The minimum atomic E-state index is 0.920. The maximum Gasteiger partial charge on any atom is -0.0227 e. The molecule has 0 spiro atoms. The molecule has 0 nitrogen and oxygen atoms in total. The van der Waals surface area contributed by atoms with E-state index >= 15 is 0 Å². The van der Waals surface area contributed by atoms with Crippen molar-refractivity contribution < 1.29 is 0 Å². The van der Waals surface area contributed by atoms with Gasteiger partial charge < -0.3 is 6.42 Å². The fraction of sp³-hybridized carbons (Fsp3) is 0.786. The first kappa shape index (κ1) is 9.00. The van der Waals surface area contributed by atoms with Gasteiger partial charge in [-0.2, -0.15) is 12.3 Å². The molecular weight excluding hydrogens is 168 g/mol. The largest absolute Gasteiger partial charge is 0.325 e. The van der Waals surface area contributed by atoms with E-state index in [1.165, 1.54) is 44.9 Å². The Balaban J connectivity index is 1.82. The predicted octanol–water partition coefficient (Wildman–Crippen LogP) is 3.98. The first-order chi connectivity index (χ1) is 6.95. The molecule has 0 heteroatoms. The van der Waals surface area contributed by atoms with Crippen molar-refractivity contribution in [2.24, 2.45) is 23.7 Å². The summed E-state index contributed by atoms with van der Waals surface area (Å²) in [6, 6.07) is 0. The van der Waals surface area contributed by atoms with Crippen LogP contribution < -0.4 is 0 Å². The molecule has 2 fully saturated rings. The van der Waals surface area contributed by atoms with Crippen LogP contribution in [-0.2, 0) is 0 Å². The molecule has 0 amide bonds. The lowest BCUT2D eigenvalue weighted by molar-refractivity contribution is 0.144. The van der Waals surface area contributed by atoms with Crippen LogP contribution in [0.5, 0.6) is 0 Å². The van der Waals surface area contributed by atoms with Crippen molar-refractivity contribution in [2.45, 2.75) is 44.9 Å². The summed E-state index contributed by atoms with van der Waals surface area (Å²) < 4.78 is 0. The third-order valence-corrected chi connectivity index (χ3v) is 4.65. The molecule has 14 heavy (non-hydrogen) atoms. The summed E-state index contributed by atoms with van der Waals surface area (Å²) in [5.74, 6) is 3.85. The second-order valence-corrected chi connectivity index (χ2v) is 5.40. The molecule has 4 atom stereocenters. The SMILES string of the molecule is C1=CC2CCCCC2C2[CH-]CCCC12. The minimum Gasteiger partial charge on any atom is -0.325 e. The molecular formula is C14H21-. The van der Waals surface area contributed by atoms with E-state index in [0.29, 0.717) is 0 Å². The van der Waals surface area contributed by atoms with E-state index in [-0.39, 0.29) is 0 Å². The smallest absolute Gasteiger partial charge is 0.0227 e. The lowest BCUT2D eigenvalue weighted by Crippen LogP contribution is -2.35. The second kappa shape index (κ2) is 3.72. The second-order valence-electron chi connectivity index (χ2n) is 5.40. The van der Waals surface area contributed by atoms with Gasteiger partial charge in [0, 0.05) is 0 Å². The zero-order chi connectivity index (χ0) is 9.38. The highest BCUT2D eigenvalue weighted by Gasteiger charge is 2.33. The summed E-state index contributed by atoms with van der Waals surface area (Å²) in [7, 11) is 0. The topological polar surface area (TPSA) is 0 Å². The van der Waals surface area contributed by atoms with Crippen LogP contribution in [-0.4, -0.2) is 0 Å². The molecule has 3 rings (SSSR count). The molecule has 3 aliphatic rings. The fourth-order valence-electron chi connectivity index (χ4n) is 3.94. The molecule has 0 aliphatic heterocycles. The monoisotopic (exact) mass is 189 g/mol. The molecule has 0 aromatic carbocycles. The van der Waals surface area contributed by atoms with Crippen molar-refractivity contribution >= 4 is 0 Å². The Bertz CT molecular complexity index is 204. The summed E-state index contributed by atoms with van der Waals surface area (Å²) >= 11 is 0. The van der Waals surface area contributed by atoms with E-state index in [0.717, 1.165) is 23.7 Å². The molecule has 0 saturated heterocycles. The molecule has 0 radical (unpaired) electrons. The van der Waals surface area contributed by atoms with Gasteiger partial charge >= 0.3 is 0 Å². The first-order valence-electron chi connectivity index (χ1n) is 6.47. The van der Waals surface area contributed by atoms with E-state index in [9.17, 15) is 0 Å². The van der Waals surface area contributed by atoms with Crippen molar-refractivity contribution in [1.82, 2.24) is 0 Å². The molecule has 0 heterocycles. The van der Waals surface area contributed by atoms with Gasteiger partial charge in [-0.05, 0) is 18.3 Å². The first-order valence-corrected chi connectivity index (χ1v) is 6.47. The number of hydrogen-bond donors (Lipinski definition) is 0. The zero-order valence-corrected chi connectivity index (χ0v) is 8.99. The van der Waals surface area contributed by atoms with Crippen molar-refractivity contribution in [3.63, 3.8) is 0 Å². The van der Waals surface area contributed by atoms with Crippen LogP contribution in [0, 0.1) is 30.1 Å². The molecule has 2 saturated carbocycles. The maximum atomic E-state index is 2.65. The molecule has 4 unspecified atom stereocenters. The summed E-state index contributed by atoms with van der Waals surface area (Å²) in [5, 5.41) is 0. The number of fused-ring (bicyclic) bond motifs is 3. The van der Waals surface area contributed by atoms with Crippen LogP contribution in [0.15, 0.2) is 12.2 Å². The van der Waals surface area contributed by atoms with Gasteiger partial charge in [-0.15, -0.1) is 0 Å². The molecule has 78 valence electrons. The van der Waals surface area contributed by atoms with Crippen LogP contribution in [0.3, 0.4) is 0 Å². The van der Waals surface area contributed by atoms with Gasteiger partial charge in [-0.3, -0.25) is 0 Å². The normalized spacial score (nSPS) is 46.9. The third kappa shape index (κ3) is 1.43. The molecule has 0 N–H and O–H groups in total. The van der Waals surface area contributed by atoms with Gasteiger partial charge in [0.05, 0.1) is 0 Å². The Labute approximate surface area is 87.8 Å². The van der Waals surface area contributed by atoms with Gasteiger partial charge in [-0.25, -0.2) is 0 Å². The Kier molecular flexibility index (Phi) is 2.39. The van der Waals surface area contributed by atoms with Crippen molar-refractivity contribution in [3.05, 3.63) is 18.6 Å². The minimum absolute atomic E-state index is 0.920. The molecule has 3 aliphatic carbocycles. The number of rotatable bonds is 0. The summed E-state index contributed by atoms with van der Waals surface area (Å²) in [5.41, 5.74) is 0. The third-order valence-electron chi connectivity index (χ3n) is 4.65. The standard InChI is InChI=1S/C14H21/c1-3-7-13-11(5-1)9-10-12-6-2-4-8-14(12)13/h7,9-14H,1-6,8H2/q-1. The summed E-state index contributed by atoms with van der Waals surface area (Å²) in [6.07, 6.45) is 18.0. The Morgan fingerprint density at radius 3 is 2.64 bits per heavy atom. The zero-order valence-electron chi connectivity index (χ0n) is 8.99. The van der Waals surface area contributed by atoms with Gasteiger partial charge in [-0.1, -0.05) is 50.2 Å². The Morgan fingerprint density at radius 1 is 0.857 bits per heavy atom. The molecule has 0 aromatic heterocycles. The van der Waals surface area contributed by atoms with Gasteiger partial charge in [0.1, 0.15) is 0 Å². The van der Waals surface area contributed by atoms with E-state index in [1.54, 1.807) is 0 Å². The van der Waals surface area contributed by atoms with E-state index < -0.39 is 0 Å². The average Bonchev–Trinajstić information content (AvgIpc) is 2.29. The predicted molar refractivity (Wildman–Crippen MR) is 59.7 cm³/mol. The quantitative estimate of drug-likeness (QED) is 0.399. The van der Waals surface area contributed by atoms with E-state index in [4.69, 9.17) is 0 Å². The van der Waals surface area contributed by atoms with Crippen molar-refractivity contribution in [2.75, 3.05) is 0 Å². The van der Waals surface area contributed by atoms with Crippen LogP contribution >= 0.6 is 0 Å². The van der Waals surface area contributed by atoms with Crippen LogP contribution in [0.2, 0.25) is 0 Å². The summed E-state index contributed by atoms with van der Waals surface area (Å²) in [6.45, 7) is 0. The lowest BCUT2D eigenvalue weighted by Gasteiger charge is -2.50. The maximum absolute atomic E-state index is 2.65. The Morgan fingerprint density at radius 2 is 1.64 bits per heavy atom. The average molecular weight is 189 g/mol. The highest BCUT2D eigenvalue weighted by atomic mass is 14.4. The molecule has 0 bridgehead atoms. The van der Waals surface area contributed by atoms with E-state index in [1.807, 2.05) is 0 Å². The highest BCUT2D eigenvalue weighted by molar-refractivity contribution is 5.10. The molecule has 0 aromatic rings. The van der Waals surface area contributed by atoms with Gasteiger partial charge in [0.2, 0.25) is 0 Å². The van der Waals surface area contributed by atoms with Gasteiger partial charge in [0.15, 0.2) is 0 Å². The van der Waals surface area contributed by atoms with Crippen LogP contribution in [0.1, 0.15) is 44.9 Å². The number of hydrogen-bond acceptors (Lipinski definition) is 0. The van der Waals surface area contributed by atoms with Crippen LogP contribution in [0.25, 0.3) is 0 Å². The number of allylic oxidation sites excluding steroid dienone is 2. The highest BCUT2D eigenvalue weighted by Crippen LogP contribution is 2.47. The van der Waals surface area contributed by atoms with E-state index in [2.05, 4.69) is 18.6 Å². The van der Waals surface area contributed by atoms with Crippen molar-refractivity contribution in [3.8, 4) is 0 Å². The summed E-state index contributed by atoms with van der Waals surface area (Å²) in [4.78, 5) is 0. The lowest BCUT2D eigenvalue weighted by atomic mass is 9.61. The van der Waals surface area contributed by atoms with Crippen molar-refractivity contribution in [1.29, 1.82) is 0 Å². The van der Waals surface area contributed by atoms with Crippen LogP contribution in [0.4, 0.5) is 0 Å².